The van der Waals surface area contributed by atoms with Crippen LogP contribution in [0.1, 0.15) is 25.3 Å². The highest BCUT2D eigenvalue weighted by atomic mass is 16.5. The van der Waals surface area contributed by atoms with Gasteiger partial charge in [-0.05, 0) is 61.1 Å². The Bertz CT molecular complexity index is 828. The third-order valence-electron chi connectivity index (χ3n) is 5.35. The summed E-state index contributed by atoms with van der Waals surface area (Å²) in [5, 5.41) is 5.31. The van der Waals surface area contributed by atoms with Crippen molar-refractivity contribution in [1.82, 2.24) is 5.32 Å². The van der Waals surface area contributed by atoms with E-state index in [9.17, 15) is 9.59 Å². The number of methoxy groups -OCH3 is 1. The maximum absolute atomic E-state index is 12.1. The first-order valence-corrected chi connectivity index (χ1v) is 10.1. The number of anilines is 2. The minimum Gasteiger partial charge on any atom is -0.496 e. The van der Waals surface area contributed by atoms with Crippen LogP contribution in [0.25, 0.3) is 0 Å². The maximum atomic E-state index is 12.1. The van der Waals surface area contributed by atoms with Crippen LogP contribution in [0, 0.1) is 5.92 Å². The Balaban J connectivity index is 1.46. The third kappa shape index (κ3) is 5.73. The van der Waals surface area contributed by atoms with Crippen molar-refractivity contribution in [2.75, 3.05) is 37.0 Å². The fraction of sp³-hybridized carbons (Fsp3) is 0.391. The molecule has 1 aliphatic rings. The molecule has 1 aliphatic heterocycles. The lowest BCUT2D eigenvalue weighted by Crippen LogP contribution is -2.36. The summed E-state index contributed by atoms with van der Waals surface area (Å²) in [5.41, 5.74) is 2.75. The molecule has 2 aromatic rings. The van der Waals surface area contributed by atoms with Crippen molar-refractivity contribution in [3.8, 4) is 5.75 Å². The van der Waals surface area contributed by atoms with E-state index < -0.39 is 11.8 Å². The highest BCUT2D eigenvalue weighted by Crippen LogP contribution is 2.24. The zero-order valence-electron chi connectivity index (χ0n) is 17.1. The van der Waals surface area contributed by atoms with Crippen LogP contribution < -0.4 is 20.3 Å². The van der Waals surface area contributed by atoms with E-state index >= 15 is 0 Å². The van der Waals surface area contributed by atoms with E-state index in [1.165, 1.54) is 12.8 Å². The highest BCUT2D eigenvalue weighted by molar-refractivity contribution is 6.39. The van der Waals surface area contributed by atoms with Gasteiger partial charge in [-0.25, -0.2) is 0 Å². The SMILES string of the molecule is COc1ccccc1CCNC(=O)C(=O)Nc1ccc(N2CCC(C)CC2)cc1. The molecule has 0 aliphatic carbocycles. The molecule has 6 nitrogen and oxygen atoms in total. The van der Waals surface area contributed by atoms with Crippen molar-refractivity contribution < 1.29 is 14.3 Å². The molecule has 2 aromatic carbocycles. The van der Waals surface area contributed by atoms with Gasteiger partial charge in [0.15, 0.2) is 0 Å². The molecule has 0 radical (unpaired) electrons. The molecule has 154 valence electrons. The Morgan fingerprint density at radius 2 is 1.72 bits per heavy atom. The standard InChI is InChI=1S/C23H29N3O3/c1-17-12-15-26(16-13-17)20-9-7-19(8-10-20)25-23(28)22(27)24-14-11-18-5-3-4-6-21(18)29-2/h3-10,17H,11-16H2,1-2H3,(H,24,27)(H,25,28). The van der Waals surface area contributed by atoms with Gasteiger partial charge in [-0.1, -0.05) is 25.1 Å². The fourth-order valence-electron chi connectivity index (χ4n) is 3.51. The van der Waals surface area contributed by atoms with Crippen molar-refractivity contribution in [3.63, 3.8) is 0 Å². The zero-order chi connectivity index (χ0) is 20.6. The number of nitrogens with one attached hydrogen (secondary N) is 2. The van der Waals surface area contributed by atoms with Gasteiger partial charge in [-0.2, -0.15) is 0 Å². The Labute approximate surface area is 172 Å². The summed E-state index contributed by atoms with van der Waals surface area (Å²) in [4.78, 5) is 26.6. The summed E-state index contributed by atoms with van der Waals surface area (Å²) in [5.74, 6) is 0.249. The molecule has 1 fully saturated rings. The van der Waals surface area contributed by atoms with Gasteiger partial charge in [-0.3, -0.25) is 9.59 Å². The van der Waals surface area contributed by atoms with Crippen molar-refractivity contribution in [1.29, 1.82) is 0 Å². The molecule has 0 saturated carbocycles. The molecule has 1 heterocycles. The number of para-hydroxylation sites is 1. The minimum atomic E-state index is -0.662. The van der Waals surface area contributed by atoms with Gasteiger partial charge < -0.3 is 20.3 Å². The molecule has 2 N–H and O–H groups in total. The van der Waals surface area contributed by atoms with Crippen LogP contribution in [0.15, 0.2) is 48.5 Å². The molecule has 29 heavy (non-hydrogen) atoms. The van der Waals surface area contributed by atoms with Crippen molar-refractivity contribution >= 4 is 23.2 Å². The molecule has 6 heteroatoms. The maximum Gasteiger partial charge on any atom is 0.313 e. The number of ether oxygens (including phenoxy) is 1. The Morgan fingerprint density at radius 1 is 1.03 bits per heavy atom. The van der Waals surface area contributed by atoms with Crippen molar-refractivity contribution in [3.05, 3.63) is 54.1 Å². The lowest BCUT2D eigenvalue weighted by atomic mass is 9.99. The number of hydrogen-bond acceptors (Lipinski definition) is 4. The van der Waals surface area contributed by atoms with E-state index in [0.717, 1.165) is 36.0 Å². The first-order valence-electron chi connectivity index (χ1n) is 10.1. The van der Waals surface area contributed by atoms with E-state index in [-0.39, 0.29) is 0 Å². The molecular formula is C23H29N3O3. The Morgan fingerprint density at radius 3 is 2.41 bits per heavy atom. The highest BCUT2D eigenvalue weighted by Gasteiger charge is 2.17. The first-order chi connectivity index (χ1) is 14.1. The molecule has 0 spiro atoms. The number of carbonyl (C=O) groups excluding carboxylic acids is 2. The molecule has 1 saturated heterocycles. The van der Waals surface area contributed by atoms with Gasteiger partial charge in [0, 0.05) is 31.0 Å². The van der Waals surface area contributed by atoms with Gasteiger partial charge in [0.05, 0.1) is 7.11 Å². The van der Waals surface area contributed by atoms with E-state index in [1.54, 1.807) is 7.11 Å². The number of amides is 2. The average molecular weight is 396 g/mol. The predicted molar refractivity (Wildman–Crippen MR) is 115 cm³/mol. The Hall–Kier alpha value is -3.02. The van der Waals surface area contributed by atoms with Gasteiger partial charge in [0.1, 0.15) is 5.75 Å². The number of hydrogen-bond donors (Lipinski definition) is 2. The molecule has 0 bridgehead atoms. The summed E-state index contributed by atoms with van der Waals surface area (Å²) in [6, 6.07) is 15.3. The summed E-state index contributed by atoms with van der Waals surface area (Å²) in [6.45, 7) is 4.76. The number of benzene rings is 2. The third-order valence-corrected chi connectivity index (χ3v) is 5.35. The predicted octanol–water partition coefficient (Wildman–Crippen LogP) is 3.23. The molecule has 0 unspecified atom stereocenters. The first kappa shape index (κ1) is 20.7. The van der Waals surface area contributed by atoms with E-state index in [4.69, 9.17) is 4.74 Å². The average Bonchev–Trinajstić information content (AvgIpc) is 2.75. The smallest absolute Gasteiger partial charge is 0.313 e. The lowest BCUT2D eigenvalue weighted by molar-refractivity contribution is -0.136. The Kier molecular flexibility index (Phi) is 7.11. The quantitative estimate of drug-likeness (QED) is 0.737. The second-order valence-electron chi connectivity index (χ2n) is 7.49. The molecule has 0 atom stereocenters. The van der Waals surface area contributed by atoms with Crippen LogP contribution in [0.2, 0.25) is 0 Å². The monoisotopic (exact) mass is 395 g/mol. The summed E-state index contributed by atoms with van der Waals surface area (Å²) in [6.07, 6.45) is 2.99. The van der Waals surface area contributed by atoms with Gasteiger partial charge in [-0.15, -0.1) is 0 Å². The van der Waals surface area contributed by atoms with Crippen LogP contribution in [0.4, 0.5) is 11.4 Å². The molecule has 2 amide bonds. The van der Waals surface area contributed by atoms with Crippen LogP contribution in [-0.2, 0) is 16.0 Å². The van der Waals surface area contributed by atoms with Crippen molar-refractivity contribution in [2.24, 2.45) is 5.92 Å². The zero-order valence-corrected chi connectivity index (χ0v) is 17.1. The molecule has 3 rings (SSSR count). The summed E-state index contributed by atoms with van der Waals surface area (Å²) >= 11 is 0. The largest absolute Gasteiger partial charge is 0.496 e. The number of carbonyl (C=O) groups is 2. The van der Waals surface area contributed by atoms with Crippen LogP contribution in [0.5, 0.6) is 5.75 Å². The van der Waals surface area contributed by atoms with E-state index in [2.05, 4.69) is 22.5 Å². The van der Waals surface area contributed by atoms with Crippen LogP contribution in [0.3, 0.4) is 0 Å². The van der Waals surface area contributed by atoms with Gasteiger partial charge >= 0.3 is 11.8 Å². The number of nitrogens with zero attached hydrogens (tertiary/aromatic N) is 1. The normalized spacial score (nSPS) is 14.3. The van der Waals surface area contributed by atoms with Gasteiger partial charge in [0.2, 0.25) is 0 Å². The molecular weight excluding hydrogens is 366 g/mol. The number of rotatable bonds is 6. The number of piperidine rings is 1. The van der Waals surface area contributed by atoms with Crippen molar-refractivity contribution in [2.45, 2.75) is 26.2 Å². The van der Waals surface area contributed by atoms with Gasteiger partial charge in [0.25, 0.3) is 0 Å². The summed E-state index contributed by atoms with van der Waals surface area (Å²) < 4.78 is 5.29. The second-order valence-corrected chi connectivity index (χ2v) is 7.49. The molecule has 0 aromatic heterocycles. The van der Waals surface area contributed by atoms with Crippen LogP contribution >= 0.6 is 0 Å². The second kappa shape index (κ2) is 9.96. The van der Waals surface area contributed by atoms with E-state index in [0.29, 0.717) is 18.7 Å². The van der Waals surface area contributed by atoms with Crippen LogP contribution in [-0.4, -0.2) is 38.6 Å². The topological polar surface area (TPSA) is 70.7 Å². The lowest BCUT2D eigenvalue weighted by Gasteiger charge is -2.32. The summed E-state index contributed by atoms with van der Waals surface area (Å²) in [7, 11) is 1.61. The minimum absolute atomic E-state index is 0.360. The van der Waals surface area contributed by atoms with E-state index in [1.807, 2.05) is 48.5 Å². The fourth-order valence-corrected chi connectivity index (χ4v) is 3.51.